The van der Waals surface area contributed by atoms with Crippen LogP contribution in [0, 0.1) is 10.1 Å². The Morgan fingerprint density at radius 1 is 1.44 bits per heavy atom. The van der Waals surface area contributed by atoms with Crippen LogP contribution in [0.5, 0.6) is 0 Å². The Bertz CT molecular complexity index is 462. The molecule has 1 saturated carbocycles. The van der Waals surface area contributed by atoms with Gasteiger partial charge in [0.25, 0.3) is 12.1 Å². The normalized spacial score (nSPS) is 22.7. The summed E-state index contributed by atoms with van der Waals surface area (Å²) < 4.78 is 25.6. The van der Waals surface area contributed by atoms with Crippen molar-refractivity contribution >= 4 is 11.4 Å². The van der Waals surface area contributed by atoms with Crippen molar-refractivity contribution in [3.63, 3.8) is 0 Å². The topological polar surface area (TPSA) is 75.4 Å². The molecule has 0 bridgehead atoms. The molecule has 1 aromatic rings. The molecule has 18 heavy (non-hydrogen) atoms. The van der Waals surface area contributed by atoms with Gasteiger partial charge in [-0.25, -0.2) is 8.78 Å². The molecule has 1 fully saturated rings. The number of aliphatic hydroxyl groups excluding tert-OH is 1. The highest BCUT2D eigenvalue weighted by Gasteiger charge is 2.28. The van der Waals surface area contributed by atoms with Gasteiger partial charge in [0.05, 0.1) is 11.0 Å². The van der Waals surface area contributed by atoms with E-state index in [0.717, 1.165) is 6.07 Å². The maximum atomic E-state index is 12.8. The van der Waals surface area contributed by atoms with Gasteiger partial charge in [-0.05, 0) is 18.9 Å². The highest BCUT2D eigenvalue weighted by molar-refractivity contribution is 5.57. The van der Waals surface area contributed by atoms with Crippen LogP contribution in [0.3, 0.4) is 0 Å². The van der Waals surface area contributed by atoms with Gasteiger partial charge in [-0.1, -0.05) is 0 Å². The van der Waals surface area contributed by atoms with E-state index < -0.39 is 17.5 Å². The SMILES string of the molecule is O=[N+]([O-])c1ccc(NC2CC(O)C2)c(C(F)F)c1. The predicted octanol–water partition coefficient (Wildman–Crippen LogP) is 2.47. The zero-order valence-electron chi connectivity index (χ0n) is 9.35. The average molecular weight is 258 g/mol. The first kappa shape index (κ1) is 12.7. The second-order valence-corrected chi connectivity index (χ2v) is 4.30. The van der Waals surface area contributed by atoms with Gasteiger partial charge in [-0.15, -0.1) is 0 Å². The van der Waals surface area contributed by atoms with Gasteiger partial charge in [-0.2, -0.15) is 0 Å². The molecule has 2 rings (SSSR count). The number of nitro groups is 1. The van der Waals surface area contributed by atoms with Crippen LogP contribution in [0.25, 0.3) is 0 Å². The van der Waals surface area contributed by atoms with Gasteiger partial charge in [0, 0.05) is 29.4 Å². The molecule has 0 aliphatic heterocycles. The van der Waals surface area contributed by atoms with E-state index in [0.29, 0.717) is 12.8 Å². The van der Waals surface area contributed by atoms with E-state index in [1.807, 2.05) is 0 Å². The molecule has 1 aromatic carbocycles. The second kappa shape index (κ2) is 4.85. The van der Waals surface area contributed by atoms with Crippen molar-refractivity contribution in [1.29, 1.82) is 0 Å². The fourth-order valence-electron chi connectivity index (χ4n) is 1.90. The van der Waals surface area contributed by atoms with Crippen LogP contribution >= 0.6 is 0 Å². The van der Waals surface area contributed by atoms with Gasteiger partial charge in [0.2, 0.25) is 0 Å². The van der Waals surface area contributed by atoms with Crippen molar-refractivity contribution in [3.05, 3.63) is 33.9 Å². The summed E-state index contributed by atoms with van der Waals surface area (Å²) in [6, 6.07) is 3.29. The highest BCUT2D eigenvalue weighted by Crippen LogP contribution is 2.33. The minimum Gasteiger partial charge on any atom is -0.393 e. The van der Waals surface area contributed by atoms with Gasteiger partial charge >= 0.3 is 0 Å². The quantitative estimate of drug-likeness (QED) is 0.642. The molecule has 0 aromatic heterocycles. The first-order valence-corrected chi connectivity index (χ1v) is 5.48. The van der Waals surface area contributed by atoms with Crippen LogP contribution in [-0.4, -0.2) is 22.2 Å². The lowest BCUT2D eigenvalue weighted by Gasteiger charge is -2.33. The van der Waals surface area contributed by atoms with Crippen molar-refractivity contribution in [2.24, 2.45) is 0 Å². The van der Waals surface area contributed by atoms with Crippen molar-refractivity contribution in [1.82, 2.24) is 0 Å². The molecule has 5 nitrogen and oxygen atoms in total. The largest absolute Gasteiger partial charge is 0.393 e. The van der Waals surface area contributed by atoms with Gasteiger partial charge in [0.15, 0.2) is 0 Å². The Morgan fingerprint density at radius 3 is 2.61 bits per heavy atom. The third-order valence-electron chi connectivity index (χ3n) is 2.95. The molecule has 0 radical (unpaired) electrons. The molecule has 0 amide bonds. The van der Waals surface area contributed by atoms with E-state index in [2.05, 4.69) is 5.32 Å². The molecule has 0 saturated heterocycles. The Balaban J connectivity index is 2.20. The smallest absolute Gasteiger partial charge is 0.270 e. The number of hydrogen-bond donors (Lipinski definition) is 2. The third kappa shape index (κ3) is 2.56. The highest BCUT2D eigenvalue weighted by atomic mass is 19.3. The van der Waals surface area contributed by atoms with E-state index in [-0.39, 0.29) is 23.0 Å². The Labute approximate surface area is 102 Å². The van der Waals surface area contributed by atoms with E-state index in [9.17, 15) is 18.9 Å². The minimum absolute atomic E-state index is 0.0565. The molecule has 0 spiro atoms. The molecule has 0 unspecified atom stereocenters. The van der Waals surface area contributed by atoms with Crippen LogP contribution in [0.15, 0.2) is 18.2 Å². The van der Waals surface area contributed by atoms with Crippen molar-refractivity contribution in [2.45, 2.75) is 31.4 Å². The number of rotatable bonds is 4. The minimum atomic E-state index is -2.78. The summed E-state index contributed by atoms with van der Waals surface area (Å²) in [6.07, 6.45) is -2.17. The number of aliphatic hydroxyl groups is 1. The average Bonchev–Trinajstić information content (AvgIpc) is 2.26. The monoisotopic (exact) mass is 258 g/mol. The summed E-state index contributed by atoms with van der Waals surface area (Å²) in [4.78, 5) is 9.82. The van der Waals surface area contributed by atoms with E-state index in [1.165, 1.54) is 12.1 Å². The van der Waals surface area contributed by atoms with Crippen LogP contribution in [0.4, 0.5) is 20.2 Å². The predicted molar refractivity (Wildman–Crippen MR) is 60.7 cm³/mol. The first-order chi connectivity index (χ1) is 8.47. The fraction of sp³-hybridized carbons (Fsp3) is 0.455. The van der Waals surface area contributed by atoms with E-state index >= 15 is 0 Å². The first-order valence-electron chi connectivity index (χ1n) is 5.48. The zero-order valence-corrected chi connectivity index (χ0v) is 9.35. The fourth-order valence-corrected chi connectivity index (χ4v) is 1.90. The maximum Gasteiger partial charge on any atom is 0.270 e. The molecule has 7 heteroatoms. The third-order valence-corrected chi connectivity index (χ3v) is 2.95. The number of alkyl halides is 2. The van der Waals surface area contributed by atoms with Crippen LogP contribution in [0.2, 0.25) is 0 Å². The molecule has 2 N–H and O–H groups in total. The number of hydrogen-bond acceptors (Lipinski definition) is 4. The Kier molecular flexibility index (Phi) is 3.42. The molecule has 0 atom stereocenters. The summed E-state index contributed by atoms with van der Waals surface area (Å²) in [6.45, 7) is 0. The molecule has 1 aliphatic carbocycles. The summed E-state index contributed by atoms with van der Waals surface area (Å²) in [5.41, 5.74) is -0.553. The summed E-state index contributed by atoms with van der Waals surface area (Å²) >= 11 is 0. The van der Waals surface area contributed by atoms with Crippen LogP contribution < -0.4 is 5.32 Å². The molecular weight excluding hydrogens is 246 g/mol. The number of anilines is 1. The van der Waals surface area contributed by atoms with Crippen LogP contribution in [0.1, 0.15) is 24.8 Å². The van der Waals surface area contributed by atoms with E-state index in [1.54, 1.807) is 0 Å². The standard InChI is InChI=1S/C11H12F2N2O3/c12-11(13)9-5-7(15(17)18)1-2-10(9)14-6-3-8(16)4-6/h1-2,5-6,8,11,14,16H,3-4H2. The molecule has 98 valence electrons. The Morgan fingerprint density at radius 2 is 2.11 bits per heavy atom. The number of benzene rings is 1. The number of nitro benzene ring substituents is 1. The zero-order chi connectivity index (χ0) is 13.3. The van der Waals surface area contributed by atoms with Gasteiger partial charge < -0.3 is 10.4 Å². The van der Waals surface area contributed by atoms with Crippen molar-refractivity contribution in [3.8, 4) is 0 Å². The van der Waals surface area contributed by atoms with Crippen LogP contribution in [-0.2, 0) is 0 Å². The lowest BCUT2D eigenvalue weighted by Crippen LogP contribution is -2.39. The maximum absolute atomic E-state index is 12.8. The summed E-state index contributed by atoms with van der Waals surface area (Å²) in [5.74, 6) is 0. The van der Waals surface area contributed by atoms with Gasteiger partial charge in [0.1, 0.15) is 0 Å². The number of halogens is 2. The molecular formula is C11H12F2N2O3. The van der Waals surface area contributed by atoms with Crippen molar-refractivity contribution in [2.75, 3.05) is 5.32 Å². The molecule has 1 aliphatic rings. The summed E-state index contributed by atoms with van der Waals surface area (Å²) in [7, 11) is 0. The van der Waals surface area contributed by atoms with Crippen molar-refractivity contribution < 1.29 is 18.8 Å². The van der Waals surface area contributed by atoms with Gasteiger partial charge in [-0.3, -0.25) is 10.1 Å². The molecule has 0 heterocycles. The summed E-state index contributed by atoms with van der Waals surface area (Å²) in [5, 5.41) is 22.5. The Hall–Kier alpha value is -1.76. The lowest BCUT2D eigenvalue weighted by atomic mass is 9.89. The second-order valence-electron chi connectivity index (χ2n) is 4.30. The number of nitrogens with zero attached hydrogens (tertiary/aromatic N) is 1. The lowest BCUT2D eigenvalue weighted by molar-refractivity contribution is -0.385. The number of nitrogens with one attached hydrogen (secondary N) is 1. The van der Waals surface area contributed by atoms with E-state index in [4.69, 9.17) is 5.11 Å². The number of non-ortho nitro benzene ring substituents is 1.